The van der Waals surface area contributed by atoms with Gasteiger partial charge in [0.15, 0.2) is 0 Å². The molecule has 2 aromatic rings. The van der Waals surface area contributed by atoms with E-state index >= 15 is 0 Å². The highest BCUT2D eigenvalue weighted by Gasteiger charge is 2.26. The van der Waals surface area contributed by atoms with Gasteiger partial charge >= 0.3 is 0 Å². The summed E-state index contributed by atoms with van der Waals surface area (Å²) >= 11 is 6.12. The number of hydrogen-bond acceptors (Lipinski definition) is 5. The minimum atomic E-state index is -0.0462. The van der Waals surface area contributed by atoms with E-state index in [1.54, 1.807) is 11.0 Å². The van der Waals surface area contributed by atoms with Gasteiger partial charge in [-0.1, -0.05) is 23.7 Å². The van der Waals surface area contributed by atoms with Crippen LogP contribution in [-0.4, -0.2) is 56.3 Å². The molecular formula is C15H18ClN5O2. The van der Waals surface area contributed by atoms with Crippen LogP contribution in [0, 0.1) is 0 Å². The van der Waals surface area contributed by atoms with E-state index in [2.05, 4.69) is 15.4 Å². The van der Waals surface area contributed by atoms with Crippen LogP contribution in [0.1, 0.15) is 13.8 Å². The lowest BCUT2D eigenvalue weighted by Crippen LogP contribution is -2.49. The molecule has 0 N–H and O–H groups in total. The third-order valence-electron chi connectivity index (χ3n) is 3.62. The lowest BCUT2D eigenvalue weighted by atomic mass is 10.2. The van der Waals surface area contributed by atoms with Gasteiger partial charge < -0.3 is 9.64 Å². The molecule has 122 valence electrons. The number of morpholine rings is 1. The Morgan fingerprint density at radius 2 is 2.00 bits per heavy atom. The highest BCUT2D eigenvalue weighted by atomic mass is 35.5. The number of carbonyl (C=O) groups excluding carboxylic acids is 1. The summed E-state index contributed by atoms with van der Waals surface area (Å²) in [5.74, 6) is 0.363. The number of benzene rings is 1. The fraction of sp³-hybridized carbons (Fsp3) is 0.467. The molecule has 7 nitrogen and oxygen atoms in total. The van der Waals surface area contributed by atoms with Crippen LogP contribution in [0.2, 0.25) is 5.02 Å². The van der Waals surface area contributed by atoms with Crippen molar-refractivity contribution in [2.75, 3.05) is 13.1 Å². The average molecular weight is 336 g/mol. The summed E-state index contributed by atoms with van der Waals surface area (Å²) in [6.07, 6.45) is 0.0650. The van der Waals surface area contributed by atoms with Crippen molar-refractivity contribution in [3.05, 3.63) is 29.3 Å². The number of amides is 1. The van der Waals surface area contributed by atoms with Crippen molar-refractivity contribution in [2.24, 2.45) is 0 Å². The number of rotatable bonds is 3. The molecule has 2 heterocycles. The minimum absolute atomic E-state index is 0.0325. The van der Waals surface area contributed by atoms with Gasteiger partial charge in [0.2, 0.25) is 11.7 Å². The topological polar surface area (TPSA) is 73.1 Å². The van der Waals surface area contributed by atoms with Gasteiger partial charge in [-0.05, 0) is 31.2 Å². The van der Waals surface area contributed by atoms with Crippen molar-refractivity contribution < 1.29 is 9.53 Å². The molecule has 1 amide bonds. The lowest BCUT2D eigenvalue weighted by Gasteiger charge is -2.35. The van der Waals surface area contributed by atoms with Crippen LogP contribution in [0.15, 0.2) is 24.3 Å². The van der Waals surface area contributed by atoms with E-state index in [-0.39, 0.29) is 24.7 Å². The molecule has 1 aromatic heterocycles. The fourth-order valence-electron chi connectivity index (χ4n) is 2.66. The second-order valence-corrected chi connectivity index (χ2v) is 6.09. The zero-order valence-corrected chi connectivity index (χ0v) is 13.8. The number of ether oxygens (including phenoxy) is 1. The summed E-state index contributed by atoms with van der Waals surface area (Å²) < 4.78 is 5.63. The number of nitrogens with zero attached hydrogens (tertiary/aromatic N) is 5. The second-order valence-electron chi connectivity index (χ2n) is 5.68. The predicted molar refractivity (Wildman–Crippen MR) is 84.9 cm³/mol. The molecule has 2 atom stereocenters. The van der Waals surface area contributed by atoms with Crippen molar-refractivity contribution >= 4 is 17.5 Å². The Balaban J connectivity index is 1.69. The molecule has 8 heteroatoms. The summed E-state index contributed by atoms with van der Waals surface area (Å²) in [5, 5.41) is 12.7. The Morgan fingerprint density at radius 3 is 2.70 bits per heavy atom. The number of aromatic nitrogens is 4. The van der Waals surface area contributed by atoms with Crippen LogP contribution >= 0.6 is 11.6 Å². The molecule has 3 rings (SSSR count). The summed E-state index contributed by atoms with van der Waals surface area (Å²) in [6.45, 7) is 5.12. The number of hydrogen-bond donors (Lipinski definition) is 0. The van der Waals surface area contributed by atoms with Crippen molar-refractivity contribution in [1.82, 2.24) is 25.1 Å². The Labute approximate surface area is 139 Å². The van der Waals surface area contributed by atoms with Crippen molar-refractivity contribution in [3.63, 3.8) is 0 Å². The van der Waals surface area contributed by atoms with Crippen LogP contribution < -0.4 is 0 Å². The molecule has 1 aliphatic heterocycles. The number of carbonyl (C=O) groups is 1. The molecular weight excluding hydrogens is 318 g/mol. The van der Waals surface area contributed by atoms with Gasteiger partial charge in [0.25, 0.3) is 0 Å². The first-order chi connectivity index (χ1) is 11.0. The maximum Gasteiger partial charge on any atom is 0.246 e. The molecule has 0 bridgehead atoms. The molecule has 0 unspecified atom stereocenters. The molecule has 1 saturated heterocycles. The van der Waals surface area contributed by atoms with E-state index in [1.165, 1.54) is 4.80 Å². The second kappa shape index (κ2) is 6.64. The van der Waals surface area contributed by atoms with Crippen molar-refractivity contribution in [2.45, 2.75) is 32.6 Å². The van der Waals surface area contributed by atoms with E-state index in [0.29, 0.717) is 29.5 Å². The molecule has 0 radical (unpaired) electrons. The largest absolute Gasteiger partial charge is 0.372 e. The first-order valence-corrected chi connectivity index (χ1v) is 7.86. The van der Waals surface area contributed by atoms with Crippen LogP contribution in [0.25, 0.3) is 11.4 Å². The highest BCUT2D eigenvalue weighted by molar-refractivity contribution is 6.33. The monoisotopic (exact) mass is 335 g/mol. The zero-order chi connectivity index (χ0) is 16.4. The zero-order valence-electron chi connectivity index (χ0n) is 13.0. The van der Waals surface area contributed by atoms with E-state index in [0.717, 1.165) is 0 Å². The maximum atomic E-state index is 12.4. The van der Waals surface area contributed by atoms with Gasteiger partial charge in [0.1, 0.15) is 6.54 Å². The van der Waals surface area contributed by atoms with Gasteiger partial charge in [-0.3, -0.25) is 4.79 Å². The Morgan fingerprint density at radius 1 is 1.30 bits per heavy atom. The molecule has 1 aromatic carbocycles. The standard InChI is InChI=1S/C15H18ClN5O2/c1-10-7-20(8-11(2)23-10)14(22)9-21-18-15(17-19-21)12-5-3-4-6-13(12)16/h3-6,10-11H,7-9H2,1-2H3/t10-,11+. The van der Waals surface area contributed by atoms with Gasteiger partial charge in [0, 0.05) is 18.7 Å². The normalized spacial score (nSPS) is 21.4. The number of halogens is 1. The SMILES string of the molecule is C[C@@H]1CN(C(=O)Cn2nnc(-c3ccccc3Cl)n2)C[C@H](C)O1. The number of tetrazole rings is 1. The summed E-state index contributed by atoms with van der Waals surface area (Å²) in [7, 11) is 0. The summed E-state index contributed by atoms with van der Waals surface area (Å²) in [6, 6.07) is 7.26. The summed E-state index contributed by atoms with van der Waals surface area (Å²) in [5.41, 5.74) is 0.696. The van der Waals surface area contributed by atoms with E-state index in [4.69, 9.17) is 16.3 Å². The minimum Gasteiger partial charge on any atom is -0.372 e. The van der Waals surface area contributed by atoms with Crippen molar-refractivity contribution in [1.29, 1.82) is 0 Å². The van der Waals surface area contributed by atoms with E-state index < -0.39 is 0 Å². The Hall–Kier alpha value is -1.99. The van der Waals surface area contributed by atoms with Gasteiger partial charge in [0.05, 0.1) is 17.2 Å². The molecule has 23 heavy (non-hydrogen) atoms. The van der Waals surface area contributed by atoms with Gasteiger partial charge in [-0.2, -0.15) is 4.80 Å². The quantitative estimate of drug-likeness (QED) is 0.852. The first kappa shape index (κ1) is 15.9. The summed E-state index contributed by atoms with van der Waals surface area (Å²) in [4.78, 5) is 15.5. The van der Waals surface area contributed by atoms with Gasteiger partial charge in [-0.25, -0.2) is 0 Å². The average Bonchev–Trinajstić information content (AvgIpc) is 2.95. The molecule has 1 fully saturated rings. The van der Waals surface area contributed by atoms with E-state index in [9.17, 15) is 4.79 Å². The van der Waals surface area contributed by atoms with Crippen molar-refractivity contribution in [3.8, 4) is 11.4 Å². The maximum absolute atomic E-state index is 12.4. The lowest BCUT2D eigenvalue weighted by molar-refractivity contribution is -0.144. The Bertz CT molecular complexity index is 695. The smallest absolute Gasteiger partial charge is 0.246 e. The molecule has 1 aliphatic rings. The van der Waals surface area contributed by atoms with E-state index in [1.807, 2.05) is 32.0 Å². The molecule has 0 saturated carbocycles. The third kappa shape index (κ3) is 3.68. The molecule has 0 spiro atoms. The molecule has 0 aliphatic carbocycles. The van der Waals surface area contributed by atoms with Crippen LogP contribution in [0.3, 0.4) is 0 Å². The Kier molecular flexibility index (Phi) is 4.58. The van der Waals surface area contributed by atoms with Crippen LogP contribution in [-0.2, 0) is 16.1 Å². The highest BCUT2D eigenvalue weighted by Crippen LogP contribution is 2.23. The van der Waals surface area contributed by atoms with Crippen LogP contribution in [0.5, 0.6) is 0 Å². The van der Waals surface area contributed by atoms with Crippen LogP contribution in [0.4, 0.5) is 0 Å². The van der Waals surface area contributed by atoms with Gasteiger partial charge in [-0.15, -0.1) is 10.2 Å². The first-order valence-electron chi connectivity index (χ1n) is 7.49. The third-order valence-corrected chi connectivity index (χ3v) is 3.95. The predicted octanol–water partition coefficient (Wildman–Crippen LogP) is 1.63. The fourth-order valence-corrected chi connectivity index (χ4v) is 2.88.